The van der Waals surface area contributed by atoms with Gasteiger partial charge in [-0.25, -0.2) is 15.0 Å². The summed E-state index contributed by atoms with van der Waals surface area (Å²) < 4.78 is 6.00. The Hall–Kier alpha value is -1.57. The maximum Gasteiger partial charge on any atom is 0.225 e. The van der Waals surface area contributed by atoms with Crippen molar-refractivity contribution in [2.24, 2.45) is 5.41 Å². The number of hydrogen-bond acceptors (Lipinski definition) is 7. The average Bonchev–Trinajstić information content (AvgIpc) is 2.92. The van der Waals surface area contributed by atoms with Crippen LogP contribution in [0, 0.1) is 12.3 Å². The van der Waals surface area contributed by atoms with Crippen molar-refractivity contribution in [1.29, 1.82) is 0 Å². The molecule has 7 heteroatoms. The Morgan fingerprint density at radius 2 is 2.12 bits per heavy atom. The molecule has 4 heterocycles. The third-order valence-electron chi connectivity index (χ3n) is 5.07. The van der Waals surface area contributed by atoms with Crippen LogP contribution in [-0.2, 0) is 11.3 Å². The molecule has 25 heavy (non-hydrogen) atoms. The molecule has 1 spiro atoms. The van der Waals surface area contributed by atoms with Crippen molar-refractivity contribution in [3.63, 3.8) is 0 Å². The van der Waals surface area contributed by atoms with Gasteiger partial charge in [0, 0.05) is 49.4 Å². The number of thiazole rings is 1. The first-order valence-electron chi connectivity index (χ1n) is 8.96. The summed E-state index contributed by atoms with van der Waals surface area (Å²) >= 11 is 1.73. The number of ether oxygens (including phenoxy) is 1. The first kappa shape index (κ1) is 16.9. The molecule has 4 rings (SSSR count). The van der Waals surface area contributed by atoms with Crippen molar-refractivity contribution in [3.05, 3.63) is 34.5 Å². The van der Waals surface area contributed by atoms with Crippen molar-refractivity contribution in [1.82, 2.24) is 19.9 Å². The Kier molecular flexibility index (Phi) is 4.96. The zero-order valence-corrected chi connectivity index (χ0v) is 15.5. The van der Waals surface area contributed by atoms with Crippen LogP contribution >= 0.6 is 11.3 Å². The van der Waals surface area contributed by atoms with Crippen molar-refractivity contribution < 1.29 is 4.74 Å². The molecule has 1 atom stereocenters. The lowest BCUT2D eigenvalue weighted by molar-refractivity contribution is 0.0103. The summed E-state index contributed by atoms with van der Waals surface area (Å²) in [6, 6.07) is 1.87. The van der Waals surface area contributed by atoms with Crippen LogP contribution in [0.4, 0.5) is 5.95 Å². The lowest BCUT2D eigenvalue weighted by Gasteiger charge is -2.43. The van der Waals surface area contributed by atoms with E-state index in [1.807, 2.05) is 18.5 Å². The first-order chi connectivity index (χ1) is 12.2. The van der Waals surface area contributed by atoms with Gasteiger partial charge in [-0.05, 0) is 32.4 Å². The minimum absolute atomic E-state index is 0.152. The molecule has 2 fully saturated rings. The van der Waals surface area contributed by atoms with E-state index >= 15 is 0 Å². The zero-order chi connectivity index (χ0) is 17.1. The Labute approximate surface area is 152 Å². The molecule has 2 saturated heterocycles. The predicted octanol–water partition coefficient (Wildman–Crippen LogP) is 2.36. The maximum atomic E-state index is 6.00. The Bertz CT molecular complexity index is 694. The van der Waals surface area contributed by atoms with E-state index in [9.17, 15) is 0 Å². The number of nitrogens with zero attached hydrogens (tertiary/aromatic N) is 5. The van der Waals surface area contributed by atoms with Gasteiger partial charge in [-0.3, -0.25) is 4.90 Å². The quantitative estimate of drug-likeness (QED) is 0.839. The van der Waals surface area contributed by atoms with Gasteiger partial charge in [-0.2, -0.15) is 0 Å². The van der Waals surface area contributed by atoms with Crippen LogP contribution in [0.25, 0.3) is 0 Å². The third kappa shape index (κ3) is 3.99. The summed E-state index contributed by atoms with van der Waals surface area (Å²) in [5.74, 6) is 0.819. The van der Waals surface area contributed by atoms with Crippen LogP contribution in [0.15, 0.2) is 23.8 Å². The highest BCUT2D eigenvalue weighted by atomic mass is 32.1. The fourth-order valence-corrected chi connectivity index (χ4v) is 4.62. The second-order valence-electron chi connectivity index (χ2n) is 7.20. The van der Waals surface area contributed by atoms with Crippen molar-refractivity contribution >= 4 is 17.3 Å². The van der Waals surface area contributed by atoms with E-state index in [1.165, 1.54) is 18.5 Å². The van der Waals surface area contributed by atoms with E-state index in [4.69, 9.17) is 4.74 Å². The Morgan fingerprint density at radius 3 is 2.92 bits per heavy atom. The molecule has 0 radical (unpaired) electrons. The van der Waals surface area contributed by atoms with Crippen molar-refractivity contribution in [3.8, 4) is 0 Å². The van der Waals surface area contributed by atoms with Gasteiger partial charge in [0.05, 0.1) is 23.9 Å². The molecule has 134 valence electrons. The number of aryl methyl sites for hydroxylation is 1. The molecular weight excluding hydrogens is 334 g/mol. The summed E-state index contributed by atoms with van der Waals surface area (Å²) in [6.45, 7) is 8.58. The van der Waals surface area contributed by atoms with Gasteiger partial charge < -0.3 is 9.64 Å². The third-order valence-corrected chi connectivity index (χ3v) is 5.89. The summed E-state index contributed by atoms with van der Waals surface area (Å²) in [5.41, 5.74) is 1.34. The van der Waals surface area contributed by atoms with E-state index in [0.29, 0.717) is 0 Å². The van der Waals surface area contributed by atoms with Gasteiger partial charge >= 0.3 is 0 Å². The van der Waals surface area contributed by atoms with Crippen molar-refractivity contribution in [2.45, 2.75) is 26.3 Å². The minimum Gasteiger partial charge on any atom is -0.379 e. The van der Waals surface area contributed by atoms with Crippen LogP contribution in [0.3, 0.4) is 0 Å². The second-order valence-corrected chi connectivity index (χ2v) is 8.26. The van der Waals surface area contributed by atoms with Crippen LogP contribution in [0.1, 0.15) is 23.5 Å². The number of aromatic nitrogens is 3. The van der Waals surface area contributed by atoms with Gasteiger partial charge in [0.25, 0.3) is 0 Å². The van der Waals surface area contributed by atoms with Crippen molar-refractivity contribution in [2.75, 3.05) is 44.3 Å². The fourth-order valence-electron chi connectivity index (χ4n) is 4.02. The predicted molar refractivity (Wildman–Crippen MR) is 98.9 cm³/mol. The van der Waals surface area contributed by atoms with Crippen LogP contribution < -0.4 is 4.90 Å². The number of rotatable bonds is 3. The van der Waals surface area contributed by atoms with Gasteiger partial charge in [-0.15, -0.1) is 11.3 Å². The molecule has 0 saturated carbocycles. The van der Waals surface area contributed by atoms with Crippen LogP contribution in [0.2, 0.25) is 0 Å². The number of piperidine rings is 1. The highest BCUT2D eigenvalue weighted by Gasteiger charge is 2.39. The molecule has 0 amide bonds. The molecule has 2 aromatic heterocycles. The number of likely N-dealkylation sites (tertiary alicyclic amines) is 1. The number of hydrogen-bond donors (Lipinski definition) is 0. The summed E-state index contributed by atoms with van der Waals surface area (Å²) in [5, 5.41) is 3.33. The standard InChI is InChI=1S/C18H25N5OS/c1-15-21-16(11-25-15)10-22-7-2-4-18(12-22)13-23(8-9-24-14-18)17-19-5-3-6-20-17/h3,5-6,11H,2,4,7-10,12-14H2,1H3/t18-/m0/s1. The molecule has 0 bridgehead atoms. The molecule has 0 unspecified atom stereocenters. The monoisotopic (exact) mass is 359 g/mol. The van der Waals surface area contributed by atoms with Gasteiger partial charge in [0.15, 0.2) is 0 Å². The summed E-state index contributed by atoms with van der Waals surface area (Å²) in [4.78, 5) is 18.4. The first-order valence-corrected chi connectivity index (χ1v) is 9.84. The summed E-state index contributed by atoms with van der Waals surface area (Å²) in [6.07, 6.45) is 6.04. The molecule has 2 aliphatic heterocycles. The summed E-state index contributed by atoms with van der Waals surface area (Å²) in [7, 11) is 0. The van der Waals surface area contributed by atoms with E-state index in [0.717, 1.165) is 56.9 Å². The topological polar surface area (TPSA) is 54.4 Å². The Morgan fingerprint density at radius 1 is 1.24 bits per heavy atom. The molecule has 6 nitrogen and oxygen atoms in total. The number of anilines is 1. The zero-order valence-electron chi connectivity index (χ0n) is 14.7. The van der Waals surface area contributed by atoms with E-state index in [1.54, 1.807) is 11.3 Å². The minimum atomic E-state index is 0.152. The molecular formula is C18H25N5OS. The average molecular weight is 359 g/mol. The van der Waals surface area contributed by atoms with Gasteiger partial charge in [0.1, 0.15) is 0 Å². The molecule has 0 aliphatic carbocycles. The lowest BCUT2D eigenvalue weighted by atomic mass is 9.80. The highest BCUT2D eigenvalue weighted by molar-refractivity contribution is 7.09. The Balaban J connectivity index is 1.48. The second kappa shape index (κ2) is 7.35. The highest BCUT2D eigenvalue weighted by Crippen LogP contribution is 2.34. The smallest absolute Gasteiger partial charge is 0.225 e. The van der Waals surface area contributed by atoms with E-state index < -0.39 is 0 Å². The lowest BCUT2D eigenvalue weighted by Crippen LogP contribution is -2.50. The molecule has 0 N–H and O–H groups in total. The molecule has 2 aliphatic rings. The van der Waals surface area contributed by atoms with E-state index in [-0.39, 0.29) is 5.41 Å². The van der Waals surface area contributed by atoms with Gasteiger partial charge in [0.2, 0.25) is 5.95 Å². The SMILES string of the molecule is Cc1nc(CN2CCC[C@]3(COCCN(c4ncccn4)C3)C2)cs1. The van der Waals surface area contributed by atoms with E-state index in [2.05, 4.69) is 37.1 Å². The largest absolute Gasteiger partial charge is 0.379 e. The fraction of sp³-hybridized carbons (Fsp3) is 0.611. The van der Waals surface area contributed by atoms with Crippen LogP contribution in [-0.4, -0.2) is 59.2 Å². The van der Waals surface area contributed by atoms with Gasteiger partial charge in [-0.1, -0.05) is 0 Å². The normalized spacial score (nSPS) is 25.2. The van der Waals surface area contributed by atoms with Crippen LogP contribution in [0.5, 0.6) is 0 Å². The molecule has 2 aromatic rings. The maximum absolute atomic E-state index is 6.00. The molecule has 0 aromatic carbocycles.